The van der Waals surface area contributed by atoms with Gasteiger partial charge in [-0.05, 0) is 53.8 Å². The van der Waals surface area contributed by atoms with Crippen molar-refractivity contribution in [3.05, 3.63) is 42.0 Å². The van der Waals surface area contributed by atoms with Gasteiger partial charge in [-0.1, -0.05) is 18.2 Å². The first-order valence-electron chi connectivity index (χ1n) is 7.75. The van der Waals surface area contributed by atoms with Crippen LogP contribution in [0.25, 0.3) is 10.8 Å². The Balaban J connectivity index is 0.00000192. The highest BCUT2D eigenvalue weighted by Gasteiger charge is 2.27. The van der Waals surface area contributed by atoms with E-state index in [0.717, 1.165) is 41.3 Å². The molecule has 4 nitrogen and oxygen atoms in total. The molecule has 2 unspecified atom stereocenters. The van der Waals surface area contributed by atoms with Gasteiger partial charge in [0.1, 0.15) is 5.75 Å². The summed E-state index contributed by atoms with van der Waals surface area (Å²) >= 11 is 0. The van der Waals surface area contributed by atoms with Crippen LogP contribution in [0.3, 0.4) is 0 Å². The maximum absolute atomic E-state index is 12.1. The molecule has 0 saturated heterocycles. The Labute approximate surface area is 142 Å². The Bertz CT molecular complexity index is 690. The van der Waals surface area contributed by atoms with Crippen LogP contribution < -0.4 is 15.8 Å². The molecule has 0 bridgehead atoms. The number of rotatable bonds is 4. The average molecular weight is 335 g/mol. The van der Waals surface area contributed by atoms with Crippen molar-refractivity contribution in [3.8, 4) is 5.75 Å². The molecule has 0 spiro atoms. The maximum atomic E-state index is 12.1. The molecule has 0 aromatic heterocycles. The van der Waals surface area contributed by atoms with Crippen molar-refractivity contribution in [3.63, 3.8) is 0 Å². The molecule has 0 radical (unpaired) electrons. The van der Waals surface area contributed by atoms with Gasteiger partial charge >= 0.3 is 0 Å². The fourth-order valence-electron chi connectivity index (χ4n) is 3.10. The van der Waals surface area contributed by atoms with Crippen LogP contribution in [-0.4, -0.2) is 19.1 Å². The minimum atomic E-state index is 0. The first kappa shape index (κ1) is 17.6. The molecule has 1 aliphatic rings. The zero-order chi connectivity index (χ0) is 15.5. The fourth-order valence-corrected chi connectivity index (χ4v) is 3.10. The summed E-state index contributed by atoms with van der Waals surface area (Å²) in [6.45, 7) is 0.562. The van der Waals surface area contributed by atoms with E-state index in [1.54, 1.807) is 7.11 Å². The lowest BCUT2D eigenvalue weighted by Crippen LogP contribution is -2.29. The third kappa shape index (κ3) is 4.15. The summed E-state index contributed by atoms with van der Waals surface area (Å²) in [7, 11) is 1.67. The lowest BCUT2D eigenvalue weighted by atomic mass is 10.1. The van der Waals surface area contributed by atoms with Crippen LogP contribution >= 0.6 is 12.4 Å². The smallest absolute Gasteiger partial charge is 0.223 e. The highest BCUT2D eigenvalue weighted by molar-refractivity contribution is 5.85. The van der Waals surface area contributed by atoms with E-state index in [9.17, 15) is 4.79 Å². The summed E-state index contributed by atoms with van der Waals surface area (Å²) in [5.41, 5.74) is 6.97. The van der Waals surface area contributed by atoms with Crippen LogP contribution in [0.1, 0.15) is 24.8 Å². The monoisotopic (exact) mass is 334 g/mol. The molecule has 1 amide bonds. The molecule has 5 heteroatoms. The highest BCUT2D eigenvalue weighted by atomic mass is 35.5. The second-order valence-electron chi connectivity index (χ2n) is 6.04. The topological polar surface area (TPSA) is 64.3 Å². The lowest BCUT2D eigenvalue weighted by molar-refractivity contribution is -0.125. The van der Waals surface area contributed by atoms with Crippen molar-refractivity contribution >= 4 is 29.1 Å². The molecule has 3 rings (SSSR count). The molecule has 1 aliphatic carbocycles. The Morgan fingerprint density at radius 1 is 1.22 bits per heavy atom. The van der Waals surface area contributed by atoms with Gasteiger partial charge in [0.25, 0.3) is 0 Å². The second-order valence-corrected chi connectivity index (χ2v) is 6.04. The van der Waals surface area contributed by atoms with Crippen molar-refractivity contribution in [2.45, 2.75) is 31.8 Å². The number of nitrogens with one attached hydrogen (secondary N) is 1. The molecule has 3 N–H and O–H groups in total. The van der Waals surface area contributed by atoms with Crippen molar-refractivity contribution in [2.75, 3.05) is 7.11 Å². The normalized spacial score (nSPS) is 20.1. The molecule has 1 saturated carbocycles. The molecule has 2 aromatic rings. The van der Waals surface area contributed by atoms with Crippen LogP contribution in [0.5, 0.6) is 5.75 Å². The molecule has 0 aliphatic heterocycles. The van der Waals surface area contributed by atoms with Gasteiger partial charge in [0.2, 0.25) is 5.91 Å². The largest absolute Gasteiger partial charge is 0.497 e. The maximum Gasteiger partial charge on any atom is 0.223 e. The van der Waals surface area contributed by atoms with E-state index >= 15 is 0 Å². The van der Waals surface area contributed by atoms with Gasteiger partial charge in [0.15, 0.2) is 0 Å². The van der Waals surface area contributed by atoms with E-state index in [1.807, 2.05) is 24.3 Å². The third-order valence-electron chi connectivity index (χ3n) is 4.42. The Kier molecular flexibility index (Phi) is 5.85. The number of carbonyl (C=O) groups is 1. The quantitative estimate of drug-likeness (QED) is 0.903. The first-order chi connectivity index (χ1) is 10.7. The number of hydrogen-bond donors (Lipinski definition) is 2. The number of carbonyl (C=O) groups excluding carboxylic acids is 1. The molecule has 23 heavy (non-hydrogen) atoms. The molecule has 1 fully saturated rings. The van der Waals surface area contributed by atoms with Gasteiger partial charge in [-0.15, -0.1) is 12.4 Å². The predicted molar refractivity (Wildman–Crippen MR) is 94.9 cm³/mol. The number of nitrogens with two attached hydrogens (primary N) is 1. The number of ether oxygens (including phenoxy) is 1. The van der Waals surface area contributed by atoms with Crippen molar-refractivity contribution in [1.82, 2.24) is 5.32 Å². The zero-order valence-corrected chi connectivity index (χ0v) is 14.1. The fraction of sp³-hybridized carbons (Fsp3) is 0.389. The van der Waals surface area contributed by atoms with Crippen LogP contribution in [0.15, 0.2) is 36.4 Å². The number of hydrogen-bond acceptors (Lipinski definition) is 3. The molecule has 2 aromatic carbocycles. The van der Waals surface area contributed by atoms with Gasteiger partial charge in [0, 0.05) is 18.5 Å². The van der Waals surface area contributed by atoms with Crippen LogP contribution in [0, 0.1) is 5.92 Å². The number of benzene rings is 2. The minimum absolute atomic E-state index is 0. The zero-order valence-electron chi connectivity index (χ0n) is 13.2. The van der Waals surface area contributed by atoms with E-state index < -0.39 is 0 Å². The standard InChI is InChI=1S/C18H22N2O2.ClH/c1-22-17-7-5-13-8-12(2-3-14(13)10-17)11-20-18(21)15-4-6-16(19)9-15;/h2-3,5,7-8,10,15-16H,4,6,9,11,19H2,1H3,(H,20,21);1H. The van der Waals surface area contributed by atoms with Gasteiger partial charge in [-0.2, -0.15) is 0 Å². The first-order valence-corrected chi connectivity index (χ1v) is 7.75. The molecule has 2 atom stereocenters. The van der Waals surface area contributed by atoms with Crippen LogP contribution in [0.2, 0.25) is 0 Å². The highest BCUT2D eigenvalue weighted by Crippen LogP contribution is 2.25. The van der Waals surface area contributed by atoms with Crippen molar-refractivity contribution < 1.29 is 9.53 Å². The summed E-state index contributed by atoms with van der Waals surface area (Å²) in [6.07, 6.45) is 2.67. The summed E-state index contributed by atoms with van der Waals surface area (Å²) < 4.78 is 5.23. The van der Waals surface area contributed by atoms with Crippen molar-refractivity contribution in [2.24, 2.45) is 11.7 Å². The van der Waals surface area contributed by atoms with E-state index in [0.29, 0.717) is 6.54 Å². The van der Waals surface area contributed by atoms with E-state index in [2.05, 4.69) is 17.4 Å². The minimum Gasteiger partial charge on any atom is -0.497 e. The van der Waals surface area contributed by atoms with Gasteiger partial charge in [0.05, 0.1) is 7.11 Å². The summed E-state index contributed by atoms with van der Waals surface area (Å²) in [5.74, 6) is 1.06. The molecular weight excluding hydrogens is 312 g/mol. The van der Waals surface area contributed by atoms with Crippen molar-refractivity contribution in [1.29, 1.82) is 0 Å². The van der Waals surface area contributed by atoms with Crippen LogP contribution in [0.4, 0.5) is 0 Å². The molecule has 124 valence electrons. The SMILES string of the molecule is COc1ccc2cc(CNC(=O)C3CCC(N)C3)ccc2c1.Cl. The van der Waals surface area contributed by atoms with Crippen LogP contribution in [-0.2, 0) is 11.3 Å². The number of methoxy groups -OCH3 is 1. The number of fused-ring (bicyclic) bond motifs is 1. The van der Waals surface area contributed by atoms with Gasteiger partial charge < -0.3 is 15.8 Å². The summed E-state index contributed by atoms with van der Waals surface area (Å²) in [5, 5.41) is 5.31. The Morgan fingerprint density at radius 3 is 2.65 bits per heavy atom. The van der Waals surface area contributed by atoms with Gasteiger partial charge in [-0.25, -0.2) is 0 Å². The summed E-state index contributed by atoms with van der Waals surface area (Å²) in [4.78, 5) is 12.1. The van der Waals surface area contributed by atoms with E-state index in [-0.39, 0.29) is 30.3 Å². The Morgan fingerprint density at radius 2 is 1.96 bits per heavy atom. The molecular formula is C18H23ClN2O2. The lowest BCUT2D eigenvalue weighted by Gasteiger charge is -2.11. The second kappa shape index (κ2) is 7.66. The Hall–Kier alpha value is -1.78. The van der Waals surface area contributed by atoms with E-state index in [1.165, 1.54) is 0 Å². The summed E-state index contributed by atoms with van der Waals surface area (Å²) in [6, 6.07) is 12.4. The predicted octanol–water partition coefficient (Wildman–Crippen LogP) is 3.01. The van der Waals surface area contributed by atoms with Gasteiger partial charge in [-0.3, -0.25) is 4.79 Å². The number of halogens is 1. The molecule has 0 heterocycles. The number of amides is 1. The average Bonchev–Trinajstić information content (AvgIpc) is 2.98. The third-order valence-corrected chi connectivity index (χ3v) is 4.42. The van der Waals surface area contributed by atoms with E-state index in [4.69, 9.17) is 10.5 Å².